The fraction of sp³-hybridized carbons (Fsp3) is 0.533. The SMILES string of the molecule is CCOC(=O)CC(CC)(c1cccc(F)c1)N(C)C. The van der Waals surface area contributed by atoms with Crippen LogP contribution in [0.2, 0.25) is 0 Å². The zero-order valence-electron chi connectivity index (χ0n) is 12.1. The summed E-state index contributed by atoms with van der Waals surface area (Å²) >= 11 is 0. The number of benzene rings is 1. The molecule has 0 amide bonds. The Kier molecular flexibility index (Phi) is 5.48. The van der Waals surface area contributed by atoms with Crippen molar-refractivity contribution in [3.63, 3.8) is 0 Å². The maximum Gasteiger partial charge on any atom is 0.308 e. The van der Waals surface area contributed by atoms with Gasteiger partial charge in [0.1, 0.15) is 5.82 Å². The standard InChI is InChI=1S/C15H22FNO2/c1-5-15(17(3)4,11-14(18)19-6-2)12-8-7-9-13(16)10-12/h7-10H,5-6,11H2,1-4H3. The van der Waals surface area contributed by atoms with Crippen LogP contribution >= 0.6 is 0 Å². The van der Waals surface area contributed by atoms with E-state index in [1.807, 2.05) is 32.0 Å². The van der Waals surface area contributed by atoms with Crippen LogP contribution in [0.25, 0.3) is 0 Å². The molecule has 19 heavy (non-hydrogen) atoms. The van der Waals surface area contributed by atoms with Gasteiger partial charge in [0.05, 0.1) is 18.6 Å². The van der Waals surface area contributed by atoms with Crippen LogP contribution in [0.5, 0.6) is 0 Å². The first-order valence-electron chi connectivity index (χ1n) is 6.55. The Labute approximate surface area is 114 Å². The van der Waals surface area contributed by atoms with Gasteiger partial charge in [-0.3, -0.25) is 9.69 Å². The predicted octanol–water partition coefficient (Wildman–Crippen LogP) is 2.95. The van der Waals surface area contributed by atoms with Crippen LogP contribution in [0.4, 0.5) is 4.39 Å². The van der Waals surface area contributed by atoms with Gasteiger partial charge in [0, 0.05) is 0 Å². The molecule has 0 aromatic heterocycles. The molecule has 0 aliphatic carbocycles. The monoisotopic (exact) mass is 267 g/mol. The number of esters is 1. The summed E-state index contributed by atoms with van der Waals surface area (Å²) in [5.41, 5.74) is 0.266. The van der Waals surface area contributed by atoms with Crippen LogP contribution < -0.4 is 0 Å². The van der Waals surface area contributed by atoms with Crippen molar-refractivity contribution in [2.45, 2.75) is 32.2 Å². The summed E-state index contributed by atoms with van der Waals surface area (Å²) in [6.45, 7) is 4.13. The number of hydrogen-bond acceptors (Lipinski definition) is 3. The highest BCUT2D eigenvalue weighted by Crippen LogP contribution is 2.34. The number of halogens is 1. The third kappa shape index (κ3) is 3.53. The largest absolute Gasteiger partial charge is 0.466 e. The molecule has 0 saturated heterocycles. The maximum atomic E-state index is 13.4. The van der Waals surface area contributed by atoms with Crippen molar-refractivity contribution >= 4 is 5.97 Å². The van der Waals surface area contributed by atoms with Gasteiger partial charge in [0.15, 0.2) is 0 Å². The second-order valence-corrected chi connectivity index (χ2v) is 4.77. The Bertz CT molecular complexity index is 434. The first kappa shape index (κ1) is 15.6. The van der Waals surface area contributed by atoms with Gasteiger partial charge in [-0.2, -0.15) is 0 Å². The third-order valence-electron chi connectivity index (χ3n) is 3.55. The molecule has 0 N–H and O–H groups in total. The molecule has 0 aliphatic rings. The Morgan fingerprint density at radius 3 is 2.53 bits per heavy atom. The molecule has 0 aliphatic heterocycles. The van der Waals surface area contributed by atoms with E-state index in [0.717, 1.165) is 5.56 Å². The van der Waals surface area contributed by atoms with Crippen molar-refractivity contribution in [2.75, 3.05) is 20.7 Å². The van der Waals surface area contributed by atoms with Crippen LogP contribution in [-0.2, 0) is 15.1 Å². The van der Waals surface area contributed by atoms with Gasteiger partial charge in [-0.1, -0.05) is 19.1 Å². The Morgan fingerprint density at radius 2 is 2.05 bits per heavy atom. The van der Waals surface area contributed by atoms with Gasteiger partial charge in [0.2, 0.25) is 0 Å². The molecule has 0 bridgehead atoms. The summed E-state index contributed by atoms with van der Waals surface area (Å²) in [5, 5.41) is 0. The highest BCUT2D eigenvalue weighted by atomic mass is 19.1. The molecule has 0 spiro atoms. The fourth-order valence-electron chi connectivity index (χ4n) is 2.39. The number of hydrogen-bond donors (Lipinski definition) is 0. The smallest absolute Gasteiger partial charge is 0.308 e. The summed E-state index contributed by atoms with van der Waals surface area (Å²) in [6.07, 6.45) is 0.913. The Morgan fingerprint density at radius 1 is 1.37 bits per heavy atom. The van der Waals surface area contributed by atoms with Crippen molar-refractivity contribution in [2.24, 2.45) is 0 Å². The number of carbonyl (C=O) groups excluding carboxylic acids is 1. The Hall–Kier alpha value is -1.42. The van der Waals surface area contributed by atoms with Gasteiger partial charge in [0.25, 0.3) is 0 Å². The van der Waals surface area contributed by atoms with E-state index in [0.29, 0.717) is 13.0 Å². The zero-order valence-corrected chi connectivity index (χ0v) is 12.1. The molecule has 3 nitrogen and oxygen atoms in total. The van der Waals surface area contributed by atoms with E-state index < -0.39 is 5.54 Å². The molecule has 1 rings (SSSR count). The van der Waals surface area contributed by atoms with E-state index in [9.17, 15) is 9.18 Å². The summed E-state index contributed by atoms with van der Waals surface area (Å²) in [6, 6.07) is 6.42. The summed E-state index contributed by atoms with van der Waals surface area (Å²) in [7, 11) is 3.79. The number of nitrogens with zero attached hydrogens (tertiary/aromatic N) is 1. The van der Waals surface area contributed by atoms with Crippen molar-refractivity contribution < 1.29 is 13.9 Å². The second kappa shape index (κ2) is 6.66. The van der Waals surface area contributed by atoms with Gasteiger partial charge in [-0.05, 0) is 45.1 Å². The van der Waals surface area contributed by atoms with Crippen molar-refractivity contribution in [3.05, 3.63) is 35.6 Å². The summed E-state index contributed by atoms with van der Waals surface area (Å²) in [4.78, 5) is 13.8. The highest BCUT2D eigenvalue weighted by Gasteiger charge is 2.36. The van der Waals surface area contributed by atoms with E-state index in [-0.39, 0.29) is 18.2 Å². The lowest BCUT2D eigenvalue weighted by Gasteiger charge is -2.39. The number of rotatable bonds is 6. The molecular weight excluding hydrogens is 245 g/mol. The van der Waals surface area contributed by atoms with E-state index in [1.165, 1.54) is 12.1 Å². The van der Waals surface area contributed by atoms with Crippen LogP contribution in [0, 0.1) is 5.82 Å². The maximum absolute atomic E-state index is 13.4. The lowest BCUT2D eigenvalue weighted by Crippen LogP contribution is -2.43. The highest BCUT2D eigenvalue weighted by molar-refractivity contribution is 5.71. The van der Waals surface area contributed by atoms with Crippen molar-refractivity contribution in [1.82, 2.24) is 4.90 Å². The van der Waals surface area contributed by atoms with Crippen LogP contribution in [0.3, 0.4) is 0 Å². The molecule has 4 heteroatoms. The lowest BCUT2D eigenvalue weighted by atomic mass is 9.83. The van der Waals surface area contributed by atoms with Crippen LogP contribution in [0.1, 0.15) is 32.3 Å². The Balaban J connectivity index is 3.15. The average Bonchev–Trinajstić information content (AvgIpc) is 2.36. The molecule has 0 heterocycles. The minimum absolute atomic E-state index is 0.216. The van der Waals surface area contributed by atoms with E-state index in [1.54, 1.807) is 13.0 Å². The summed E-state index contributed by atoms with van der Waals surface area (Å²) < 4.78 is 18.5. The van der Waals surface area contributed by atoms with Crippen LogP contribution in [0.15, 0.2) is 24.3 Å². The molecule has 1 atom stereocenters. The van der Waals surface area contributed by atoms with Crippen LogP contribution in [-0.4, -0.2) is 31.6 Å². The van der Waals surface area contributed by atoms with E-state index in [2.05, 4.69) is 0 Å². The normalized spacial score (nSPS) is 14.2. The molecule has 1 aromatic carbocycles. The minimum atomic E-state index is -0.533. The summed E-state index contributed by atoms with van der Waals surface area (Å²) in [5.74, 6) is -0.552. The molecule has 0 saturated carbocycles. The molecule has 0 radical (unpaired) electrons. The number of carbonyl (C=O) groups is 1. The van der Waals surface area contributed by atoms with Crippen molar-refractivity contribution in [1.29, 1.82) is 0 Å². The molecular formula is C15H22FNO2. The predicted molar refractivity (Wildman–Crippen MR) is 73.3 cm³/mol. The van der Waals surface area contributed by atoms with E-state index >= 15 is 0 Å². The molecule has 1 aromatic rings. The minimum Gasteiger partial charge on any atom is -0.466 e. The fourth-order valence-corrected chi connectivity index (χ4v) is 2.39. The molecule has 1 unspecified atom stereocenters. The topological polar surface area (TPSA) is 29.5 Å². The van der Waals surface area contributed by atoms with Gasteiger partial charge in [-0.15, -0.1) is 0 Å². The number of ether oxygens (including phenoxy) is 1. The molecule has 106 valence electrons. The third-order valence-corrected chi connectivity index (χ3v) is 3.55. The van der Waals surface area contributed by atoms with Gasteiger partial charge in [-0.25, -0.2) is 4.39 Å². The van der Waals surface area contributed by atoms with Crippen molar-refractivity contribution in [3.8, 4) is 0 Å². The van der Waals surface area contributed by atoms with E-state index in [4.69, 9.17) is 4.74 Å². The zero-order chi connectivity index (χ0) is 14.5. The average molecular weight is 267 g/mol. The first-order valence-corrected chi connectivity index (χ1v) is 6.55. The first-order chi connectivity index (χ1) is 8.96. The van der Waals surface area contributed by atoms with Gasteiger partial charge < -0.3 is 4.74 Å². The second-order valence-electron chi connectivity index (χ2n) is 4.77. The lowest BCUT2D eigenvalue weighted by molar-refractivity contribution is -0.146. The molecule has 0 fully saturated rings. The van der Waals surface area contributed by atoms with Gasteiger partial charge >= 0.3 is 5.97 Å². The quantitative estimate of drug-likeness (QED) is 0.742.